The van der Waals surface area contributed by atoms with Crippen LogP contribution in [0.1, 0.15) is 0 Å². The van der Waals surface area contributed by atoms with E-state index in [2.05, 4.69) is 10.3 Å². The molecule has 3 rings (SSSR count). The van der Waals surface area contributed by atoms with Crippen molar-refractivity contribution in [1.82, 2.24) is 15.2 Å². The number of fused-ring (bicyclic) bond motifs is 1. The maximum Gasteiger partial charge on any atom is 0.242 e. The smallest absolute Gasteiger partial charge is 0.242 e. The van der Waals surface area contributed by atoms with Gasteiger partial charge in [-0.05, 0) is 12.1 Å². The summed E-state index contributed by atoms with van der Waals surface area (Å²) in [6.07, 6.45) is 1.80. The summed E-state index contributed by atoms with van der Waals surface area (Å²) in [6.45, 7) is 3.75. The molecule has 5 nitrogen and oxygen atoms in total. The zero-order valence-corrected chi connectivity index (χ0v) is 12.2. The fourth-order valence-corrected chi connectivity index (χ4v) is 2.72. The molecule has 1 aliphatic heterocycles. The third-order valence-corrected chi connectivity index (χ3v) is 3.88. The van der Waals surface area contributed by atoms with Crippen molar-refractivity contribution in [1.29, 1.82) is 0 Å². The molecule has 0 radical (unpaired) electrons. The Kier molecular flexibility index (Phi) is 4.01. The maximum absolute atomic E-state index is 12.4. The molecule has 21 heavy (non-hydrogen) atoms. The van der Waals surface area contributed by atoms with Crippen molar-refractivity contribution in [2.24, 2.45) is 0 Å². The number of amides is 1. The summed E-state index contributed by atoms with van der Waals surface area (Å²) >= 11 is 0. The number of hydrogen-bond donors (Lipinski definition) is 1. The number of nitrogens with zero attached hydrogens (tertiary/aromatic N) is 3. The van der Waals surface area contributed by atoms with Gasteiger partial charge in [0.25, 0.3) is 0 Å². The second-order valence-corrected chi connectivity index (χ2v) is 5.33. The molecule has 110 valence electrons. The highest BCUT2D eigenvalue weighted by Crippen LogP contribution is 2.23. The van der Waals surface area contributed by atoms with E-state index in [9.17, 15) is 4.79 Å². The van der Waals surface area contributed by atoms with E-state index in [0.29, 0.717) is 6.54 Å². The van der Waals surface area contributed by atoms with Crippen LogP contribution in [-0.2, 0) is 4.79 Å². The lowest BCUT2D eigenvalue weighted by Crippen LogP contribution is -2.49. The number of aromatic nitrogens is 1. The molecule has 1 saturated heterocycles. The average molecular weight is 284 g/mol. The van der Waals surface area contributed by atoms with E-state index in [1.807, 2.05) is 47.2 Å². The Bertz CT molecular complexity index is 632. The van der Waals surface area contributed by atoms with Gasteiger partial charge in [0.1, 0.15) is 0 Å². The lowest BCUT2D eigenvalue weighted by atomic mass is 10.1. The van der Waals surface area contributed by atoms with Gasteiger partial charge in [0.05, 0.1) is 12.1 Å². The number of rotatable bonds is 3. The Hall–Kier alpha value is -2.14. The van der Waals surface area contributed by atoms with Gasteiger partial charge in [-0.3, -0.25) is 9.78 Å². The molecule has 0 aliphatic carbocycles. The Morgan fingerprint density at radius 2 is 2.05 bits per heavy atom. The number of pyridine rings is 1. The second-order valence-electron chi connectivity index (χ2n) is 5.33. The monoisotopic (exact) mass is 284 g/mol. The van der Waals surface area contributed by atoms with Gasteiger partial charge in [0.2, 0.25) is 5.91 Å². The van der Waals surface area contributed by atoms with Crippen LogP contribution >= 0.6 is 0 Å². The van der Waals surface area contributed by atoms with Gasteiger partial charge in [-0.25, -0.2) is 0 Å². The van der Waals surface area contributed by atoms with Gasteiger partial charge in [-0.2, -0.15) is 0 Å². The fourth-order valence-electron chi connectivity index (χ4n) is 2.72. The SMILES string of the molecule is CN(CC(=O)N1CCNCC1)c1ccnc2ccccc12. The number of carbonyl (C=O) groups excluding carboxylic acids is 1. The molecule has 1 aliphatic rings. The number of piperazine rings is 1. The standard InChI is InChI=1S/C16H20N4O/c1-19(12-16(21)20-10-8-17-9-11-20)15-6-7-18-14-5-3-2-4-13(14)15/h2-7,17H,8-12H2,1H3. The first kappa shape index (κ1) is 13.8. The zero-order chi connectivity index (χ0) is 14.7. The summed E-state index contributed by atoms with van der Waals surface area (Å²) in [5.74, 6) is 0.180. The molecule has 1 aromatic carbocycles. The molecule has 1 fully saturated rings. The maximum atomic E-state index is 12.4. The van der Waals surface area contributed by atoms with E-state index in [1.165, 1.54) is 0 Å². The van der Waals surface area contributed by atoms with Gasteiger partial charge in [-0.1, -0.05) is 18.2 Å². The Morgan fingerprint density at radius 1 is 1.29 bits per heavy atom. The quantitative estimate of drug-likeness (QED) is 0.917. The number of nitrogens with one attached hydrogen (secondary N) is 1. The summed E-state index contributed by atoms with van der Waals surface area (Å²) in [7, 11) is 1.96. The summed E-state index contributed by atoms with van der Waals surface area (Å²) < 4.78 is 0. The first-order valence-corrected chi connectivity index (χ1v) is 7.29. The topological polar surface area (TPSA) is 48.5 Å². The number of likely N-dealkylation sites (N-methyl/N-ethyl adjacent to an activating group) is 1. The third-order valence-electron chi connectivity index (χ3n) is 3.88. The van der Waals surface area contributed by atoms with E-state index in [1.54, 1.807) is 6.20 Å². The van der Waals surface area contributed by atoms with Crippen molar-refractivity contribution in [3.63, 3.8) is 0 Å². The van der Waals surface area contributed by atoms with Crippen LogP contribution in [0.15, 0.2) is 36.5 Å². The van der Waals surface area contributed by atoms with E-state index in [4.69, 9.17) is 0 Å². The van der Waals surface area contributed by atoms with Gasteiger partial charge < -0.3 is 15.1 Å². The molecule has 2 aromatic rings. The zero-order valence-electron chi connectivity index (χ0n) is 12.2. The molecule has 0 unspecified atom stereocenters. The minimum absolute atomic E-state index is 0.180. The fraction of sp³-hybridized carbons (Fsp3) is 0.375. The number of para-hydroxylation sites is 1. The van der Waals surface area contributed by atoms with Crippen LogP contribution in [0.2, 0.25) is 0 Å². The molecule has 2 heterocycles. The number of hydrogen-bond acceptors (Lipinski definition) is 4. The van der Waals surface area contributed by atoms with E-state index in [0.717, 1.165) is 42.8 Å². The first-order valence-electron chi connectivity index (χ1n) is 7.29. The highest BCUT2D eigenvalue weighted by molar-refractivity contribution is 5.93. The summed E-state index contributed by atoms with van der Waals surface area (Å²) in [5.41, 5.74) is 2.00. The van der Waals surface area contributed by atoms with Crippen molar-refractivity contribution >= 4 is 22.5 Å². The van der Waals surface area contributed by atoms with Crippen molar-refractivity contribution in [3.8, 4) is 0 Å². The molecule has 1 aromatic heterocycles. The molecule has 0 bridgehead atoms. The summed E-state index contributed by atoms with van der Waals surface area (Å²) in [5, 5.41) is 4.34. The molecule has 1 N–H and O–H groups in total. The predicted molar refractivity (Wildman–Crippen MR) is 84.5 cm³/mol. The molecule has 0 spiro atoms. The minimum Gasteiger partial charge on any atom is -0.365 e. The molecular weight excluding hydrogens is 264 g/mol. The van der Waals surface area contributed by atoms with Crippen LogP contribution in [0.25, 0.3) is 10.9 Å². The third kappa shape index (κ3) is 2.97. The Labute approximate surface area is 124 Å². The largest absolute Gasteiger partial charge is 0.365 e. The van der Waals surface area contributed by atoms with E-state index < -0.39 is 0 Å². The van der Waals surface area contributed by atoms with Crippen molar-refractivity contribution in [3.05, 3.63) is 36.5 Å². The molecule has 0 saturated carbocycles. The summed E-state index contributed by atoms with van der Waals surface area (Å²) in [6, 6.07) is 9.98. The van der Waals surface area contributed by atoms with Crippen LogP contribution in [0.4, 0.5) is 5.69 Å². The normalized spacial score (nSPS) is 15.2. The average Bonchev–Trinajstić information content (AvgIpc) is 2.55. The molecule has 1 amide bonds. The van der Waals surface area contributed by atoms with Crippen LogP contribution in [0.3, 0.4) is 0 Å². The van der Waals surface area contributed by atoms with Crippen molar-refractivity contribution in [2.75, 3.05) is 44.7 Å². The lowest BCUT2D eigenvalue weighted by Gasteiger charge is -2.30. The van der Waals surface area contributed by atoms with Crippen molar-refractivity contribution in [2.45, 2.75) is 0 Å². The lowest BCUT2D eigenvalue weighted by molar-refractivity contribution is -0.130. The highest BCUT2D eigenvalue weighted by Gasteiger charge is 2.18. The van der Waals surface area contributed by atoms with Crippen LogP contribution < -0.4 is 10.2 Å². The first-order chi connectivity index (χ1) is 10.3. The number of carbonyl (C=O) groups is 1. The Morgan fingerprint density at radius 3 is 2.86 bits per heavy atom. The van der Waals surface area contributed by atoms with Crippen molar-refractivity contribution < 1.29 is 4.79 Å². The van der Waals surface area contributed by atoms with Gasteiger partial charge in [-0.15, -0.1) is 0 Å². The van der Waals surface area contributed by atoms with Gasteiger partial charge in [0.15, 0.2) is 0 Å². The van der Waals surface area contributed by atoms with Crippen LogP contribution in [0.5, 0.6) is 0 Å². The highest BCUT2D eigenvalue weighted by atomic mass is 16.2. The molecule has 0 atom stereocenters. The van der Waals surface area contributed by atoms with Crippen LogP contribution in [0, 0.1) is 0 Å². The Balaban J connectivity index is 1.77. The predicted octanol–water partition coefficient (Wildman–Crippen LogP) is 1.10. The van der Waals surface area contributed by atoms with Gasteiger partial charge >= 0.3 is 0 Å². The second kappa shape index (κ2) is 6.10. The van der Waals surface area contributed by atoms with E-state index in [-0.39, 0.29) is 5.91 Å². The number of anilines is 1. The number of benzene rings is 1. The molecule has 5 heteroatoms. The summed E-state index contributed by atoms with van der Waals surface area (Å²) in [4.78, 5) is 20.7. The van der Waals surface area contributed by atoms with Crippen LogP contribution in [-0.4, -0.2) is 55.6 Å². The van der Waals surface area contributed by atoms with E-state index >= 15 is 0 Å². The molecular formula is C16H20N4O. The van der Waals surface area contributed by atoms with Gasteiger partial charge in [0, 0.05) is 50.5 Å². The minimum atomic E-state index is 0.180.